The molecule has 0 unspecified atom stereocenters. The zero-order chi connectivity index (χ0) is 16.9. The van der Waals surface area contributed by atoms with E-state index in [0.717, 1.165) is 34.0 Å². The summed E-state index contributed by atoms with van der Waals surface area (Å²) in [5, 5.41) is 0. The van der Waals surface area contributed by atoms with Gasteiger partial charge in [-0.1, -0.05) is 42.5 Å². The van der Waals surface area contributed by atoms with E-state index in [-0.39, 0.29) is 0 Å². The molecule has 0 amide bonds. The molecule has 0 radical (unpaired) electrons. The van der Waals surface area contributed by atoms with Gasteiger partial charge >= 0.3 is 0 Å². The van der Waals surface area contributed by atoms with Gasteiger partial charge in [0.1, 0.15) is 17.1 Å². The maximum absolute atomic E-state index is 6.13. The van der Waals surface area contributed by atoms with Gasteiger partial charge in [-0.2, -0.15) is 0 Å². The average Bonchev–Trinajstić information content (AvgIpc) is 3.10. The Morgan fingerprint density at radius 3 is 2.42 bits per heavy atom. The number of aliphatic imine (C=N–C) groups is 1. The fraction of sp³-hybridized carbons (Fsp3) is 0.150. The summed E-state index contributed by atoms with van der Waals surface area (Å²) >= 11 is 0. The largest absolute Gasteiger partial charge is 0.545 e. The first kappa shape index (κ1) is 16.3. The third-order valence-corrected chi connectivity index (χ3v) is 4.29. The molecular formula is C20H21NO2Si. The molecule has 0 fully saturated rings. The molecule has 3 rings (SSSR count). The van der Waals surface area contributed by atoms with Gasteiger partial charge in [-0.15, -0.1) is 0 Å². The second kappa shape index (κ2) is 7.32. The second-order valence-electron chi connectivity index (χ2n) is 5.89. The number of furan rings is 1. The Kier molecular flexibility index (Phi) is 4.96. The van der Waals surface area contributed by atoms with Crippen molar-refractivity contribution in [3.8, 4) is 5.75 Å². The lowest BCUT2D eigenvalue weighted by molar-refractivity contribution is 0.557. The quantitative estimate of drug-likeness (QED) is 0.479. The number of aryl methyl sites for hydroxylation is 1. The lowest BCUT2D eigenvalue weighted by Crippen LogP contribution is -2.12. The number of benzene rings is 2. The predicted octanol–water partition coefficient (Wildman–Crippen LogP) is 5.12. The number of nitrogens with zero attached hydrogens (tertiary/aromatic N) is 1. The second-order valence-corrected chi connectivity index (χ2v) is 8.23. The summed E-state index contributed by atoms with van der Waals surface area (Å²) in [4.78, 5) is 4.91. The van der Waals surface area contributed by atoms with Crippen LogP contribution in [0.25, 0.3) is 0 Å². The molecule has 24 heavy (non-hydrogen) atoms. The van der Waals surface area contributed by atoms with Crippen LogP contribution in [0.3, 0.4) is 0 Å². The summed E-state index contributed by atoms with van der Waals surface area (Å²) in [6.45, 7) is 6.37. The maximum Gasteiger partial charge on any atom is 0.229 e. The van der Waals surface area contributed by atoms with E-state index in [2.05, 4.69) is 26.1 Å². The fourth-order valence-corrected chi connectivity index (χ4v) is 3.28. The van der Waals surface area contributed by atoms with Crippen LogP contribution in [0.15, 0.2) is 76.3 Å². The van der Waals surface area contributed by atoms with Crippen LogP contribution in [0, 0.1) is 6.92 Å². The molecular weight excluding hydrogens is 314 g/mol. The van der Waals surface area contributed by atoms with Crippen molar-refractivity contribution in [1.82, 2.24) is 0 Å². The van der Waals surface area contributed by atoms with E-state index in [4.69, 9.17) is 13.8 Å². The highest BCUT2D eigenvalue weighted by atomic mass is 28.3. The van der Waals surface area contributed by atoms with E-state index in [1.807, 2.05) is 54.6 Å². The van der Waals surface area contributed by atoms with Gasteiger partial charge in [0.15, 0.2) is 5.76 Å². The van der Waals surface area contributed by atoms with Crippen molar-refractivity contribution in [2.75, 3.05) is 0 Å². The molecule has 0 aliphatic rings. The van der Waals surface area contributed by atoms with Gasteiger partial charge in [0.05, 0.1) is 6.26 Å². The summed E-state index contributed by atoms with van der Waals surface area (Å²) < 4.78 is 11.7. The molecule has 122 valence electrons. The average molecular weight is 335 g/mol. The Morgan fingerprint density at radius 2 is 1.75 bits per heavy atom. The Bertz CT molecular complexity index is 824. The van der Waals surface area contributed by atoms with E-state index >= 15 is 0 Å². The molecule has 2 aromatic carbocycles. The molecule has 0 saturated carbocycles. The highest BCUT2D eigenvalue weighted by Crippen LogP contribution is 2.33. The summed E-state index contributed by atoms with van der Waals surface area (Å²) in [5.74, 6) is 1.62. The Balaban J connectivity index is 2.14. The Labute approximate surface area is 144 Å². The van der Waals surface area contributed by atoms with Crippen molar-refractivity contribution >= 4 is 20.4 Å². The normalized spacial score (nSPS) is 11.8. The van der Waals surface area contributed by atoms with Gasteiger partial charge in [0, 0.05) is 5.56 Å². The van der Waals surface area contributed by atoms with Gasteiger partial charge in [-0.05, 0) is 43.8 Å². The topological polar surface area (TPSA) is 34.7 Å². The van der Waals surface area contributed by atoms with Crippen molar-refractivity contribution in [3.63, 3.8) is 0 Å². The molecule has 0 spiro atoms. The molecule has 1 aromatic heterocycles. The number of hydrogen-bond donors (Lipinski definition) is 0. The van der Waals surface area contributed by atoms with Crippen LogP contribution in [0.2, 0.25) is 13.1 Å². The van der Waals surface area contributed by atoms with E-state index in [1.165, 1.54) is 0 Å². The van der Waals surface area contributed by atoms with Crippen molar-refractivity contribution in [2.45, 2.75) is 20.0 Å². The number of rotatable bonds is 5. The minimum atomic E-state index is -1.23. The van der Waals surface area contributed by atoms with Gasteiger partial charge < -0.3 is 8.84 Å². The minimum absolute atomic E-state index is 0.746. The van der Waals surface area contributed by atoms with E-state index < -0.39 is 9.04 Å². The molecule has 0 aliphatic heterocycles. The van der Waals surface area contributed by atoms with Crippen molar-refractivity contribution in [1.29, 1.82) is 0 Å². The van der Waals surface area contributed by atoms with E-state index in [1.54, 1.807) is 6.26 Å². The maximum atomic E-state index is 6.13. The van der Waals surface area contributed by atoms with E-state index in [9.17, 15) is 0 Å². The highest BCUT2D eigenvalue weighted by molar-refractivity contribution is 6.49. The molecule has 4 heteroatoms. The molecule has 0 atom stereocenters. The SMILES string of the molecule is Cc1cccc(N=C(c2ccccc2)c2ccco2)c1O[SiH](C)C. The molecule has 0 bridgehead atoms. The van der Waals surface area contributed by atoms with E-state index in [0.29, 0.717) is 0 Å². The first-order valence-electron chi connectivity index (χ1n) is 8.09. The van der Waals surface area contributed by atoms with Gasteiger partial charge in [0.25, 0.3) is 0 Å². The molecule has 0 saturated heterocycles. The molecule has 0 aliphatic carbocycles. The summed E-state index contributed by atoms with van der Waals surface area (Å²) in [6.07, 6.45) is 1.67. The lowest BCUT2D eigenvalue weighted by atomic mass is 10.1. The van der Waals surface area contributed by atoms with Crippen LogP contribution >= 0.6 is 0 Å². The van der Waals surface area contributed by atoms with Crippen molar-refractivity contribution in [3.05, 3.63) is 83.8 Å². The fourth-order valence-electron chi connectivity index (χ4n) is 2.51. The third-order valence-electron chi connectivity index (χ3n) is 3.58. The van der Waals surface area contributed by atoms with Gasteiger partial charge in [-0.3, -0.25) is 0 Å². The predicted molar refractivity (Wildman–Crippen MR) is 101 cm³/mol. The summed E-state index contributed by atoms with van der Waals surface area (Å²) in [6, 6.07) is 19.9. The lowest BCUT2D eigenvalue weighted by Gasteiger charge is -2.15. The van der Waals surface area contributed by atoms with Crippen LogP contribution in [0.1, 0.15) is 16.9 Å². The van der Waals surface area contributed by atoms with Crippen LogP contribution < -0.4 is 4.43 Å². The zero-order valence-corrected chi connectivity index (χ0v) is 15.3. The number of para-hydroxylation sites is 1. The van der Waals surface area contributed by atoms with Gasteiger partial charge in [-0.25, -0.2) is 4.99 Å². The standard InChI is InChI=1S/C20H21NO2Si/c1-15-9-7-12-17(20(15)23-24(2)3)21-19(18-13-8-14-22-18)16-10-5-4-6-11-16/h4-14,24H,1-3H3. The minimum Gasteiger partial charge on any atom is -0.545 e. The van der Waals surface area contributed by atoms with Gasteiger partial charge in [0.2, 0.25) is 9.04 Å². The Morgan fingerprint density at radius 1 is 0.958 bits per heavy atom. The third kappa shape index (κ3) is 3.66. The number of hydrogen-bond acceptors (Lipinski definition) is 3. The zero-order valence-electron chi connectivity index (χ0n) is 14.2. The first-order chi connectivity index (χ1) is 11.6. The molecule has 3 aromatic rings. The Hall–Kier alpha value is -2.59. The van der Waals surface area contributed by atoms with Crippen LogP contribution in [-0.4, -0.2) is 14.8 Å². The van der Waals surface area contributed by atoms with Crippen molar-refractivity contribution in [2.24, 2.45) is 4.99 Å². The molecule has 3 nitrogen and oxygen atoms in total. The van der Waals surface area contributed by atoms with Crippen LogP contribution in [0.5, 0.6) is 5.75 Å². The van der Waals surface area contributed by atoms with Crippen LogP contribution in [0.4, 0.5) is 5.69 Å². The van der Waals surface area contributed by atoms with Crippen LogP contribution in [-0.2, 0) is 0 Å². The molecule has 0 N–H and O–H groups in total. The monoisotopic (exact) mass is 335 g/mol. The smallest absolute Gasteiger partial charge is 0.229 e. The highest BCUT2D eigenvalue weighted by Gasteiger charge is 2.14. The summed E-state index contributed by atoms with van der Waals surface area (Å²) in [5.41, 5.74) is 3.76. The summed E-state index contributed by atoms with van der Waals surface area (Å²) in [7, 11) is -1.23. The molecule has 1 heterocycles. The first-order valence-corrected chi connectivity index (χ1v) is 10.9. The van der Waals surface area contributed by atoms with Crippen molar-refractivity contribution < 1.29 is 8.84 Å².